The fourth-order valence-electron chi connectivity index (χ4n) is 2.36. The van der Waals surface area contributed by atoms with Crippen molar-refractivity contribution in [3.63, 3.8) is 0 Å². The molecule has 148 valence electrons. The summed E-state index contributed by atoms with van der Waals surface area (Å²) in [5.74, 6) is -0.496. The first-order chi connectivity index (χ1) is 13.3. The molecule has 14 heteroatoms. The van der Waals surface area contributed by atoms with Crippen LogP contribution in [0, 0.1) is 0 Å². The van der Waals surface area contributed by atoms with Crippen molar-refractivity contribution >= 4 is 17.7 Å². The molecule has 0 spiro atoms. The smallest absolute Gasteiger partial charge is 0.402 e. The number of fused-ring (bicyclic) bond motifs is 1. The molecule has 1 saturated carbocycles. The van der Waals surface area contributed by atoms with Crippen molar-refractivity contribution in [3.8, 4) is 5.88 Å². The van der Waals surface area contributed by atoms with E-state index in [1.54, 1.807) is 0 Å². The Balaban J connectivity index is 1.79. The molecule has 4 rings (SSSR count). The van der Waals surface area contributed by atoms with E-state index in [-0.39, 0.29) is 34.8 Å². The number of hydrogen-bond acceptors (Lipinski definition) is 8. The van der Waals surface area contributed by atoms with Crippen LogP contribution in [0.1, 0.15) is 18.5 Å². The lowest BCUT2D eigenvalue weighted by Crippen LogP contribution is -2.35. The fourth-order valence-corrected chi connectivity index (χ4v) is 2.36. The van der Waals surface area contributed by atoms with E-state index < -0.39 is 18.4 Å². The Morgan fingerprint density at radius 3 is 2.79 bits per heavy atom. The summed E-state index contributed by atoms with van der Waals surface area (Å²) in [6.45, 7) is -1.28. The average Bonchev–Trinajstić information content (AvgIpc) is 3.23. The second-order valence-electron chi connectivity index (χ2n) is 6.12. The molecule has 11 nitrogen and oxygen atoms in total. The van der Waals surface area contributed by atoms with Crippen LogP contribution in [-0.4, -0.2) is 53.4 Å². The number of hydrazine groups is 1. The van der Waals surface area contributed by atoms with E-state index in [1.165, 1.54) is 16.8 Å². The number of alkyl halides is 3. The maximum Gasteiger partial charge on any atom is 0.402 e. The van der Waals surface area contributed by atoms with Gasteiger partial charge in [-0.1, -0.05) is 0 Å². The fraction of sp³-hybridized carbons (Fsp3) is 0.357. The van der Waals surface area contributed by atoms with Crippen molar-refractivity contribution in [1.29, 1.82) is 0 Å². The van der Waals surface area contributed by atoms with Crippen LogP contribution < -0.4 is 27.4 Å². The van der Waals surface area contributed by atoms with E-state index in [0.29, 0.717) is 5.22 Å². The van der Waals surface area contributed by atoms with Crippen LogP contribution in [0.25, 0.3) is 11.7 Å². The van der Waals surface area contributed by atoms with Gasteiger partial charge in [-0.25, -0.2) is 15.2 Å². The van der Waals surface area contributed by atoms with Crippen LogP contribution in [-0.2, 0) is 0 Å². The first-order valence-electron chi connectivity index (χ1n) is 8.17. The van der Waals surface area contributed by atoms with Crippen molar-refractivity contribution in [3.05, 3.63) is 33.2 Å². The summed E-state index contributed by atoms with van der Waals surface area (Å²) in [7, 11) is 0. The number of aromatic nitrogens is 6. The van der Waals surface area contributed by atoms with E-state index in [2.05, 4.69) is 35.5 Å². The molecule has 5 N–H and O–H groups in total. The molecule has 3 aromatic heterocycles. The number of nitrogens with zero attached hydrogens (tertiary/aromatic N) is 5. The molecule has 0 amide bonds. The highest BCUT2D eigenvalue weighted by Gasteiger charge is 2.26. The van der Waals surface area contributed by atoms with E-state index in [9.17, 15) is 23.1 Å². The number of anilines is 1. The zero-order valence-electron chi connectivity index (χ0n) is 14.1. The highest BCUT2D eigenvalue weighted by atomic mass is 19.4. The Kier molecular flexibility index (Phi) is 4.26. The molecule has 0 unspecified atom stereocenters. The number of rotatable bonds is 5. The summed E-state index contributed by atoms with van der Waals surface area (Å²) in [5.41, 5.74) is 4.21. The van der Waals surface area contributed by atoms with Crippen LogP contribution in [0.2, 0.25) is 0 Å². The van der Waals surface area contributed by atoms with Gasteiger partial charge in [-0.15, -0.1) is 0 Å². The van der Waals surface area contributed by atoms with Crippen molar-refractivity contribution in [1.82, 2.24) is 35.0 Å². The molecular weight excluding hydrogens is 383 g/mol. The molecule has 0 saturated heterocycles. The van der Waals surface area contributed by atoms with Crippen molar-refractivity contribution in [2.24, 2.45) is 4.99 Å². The minimum atomic E-state index is -4.41. The maximum absolute atomic E-state index is 12.3. The molecule has 1 fully saturated rings. The van der Waals surface area contributed by atoms with Gasteiger partial charge >= 0.3 is 11.9 Å². The van der Waals surface area contributed by atoms with Crippen LogP contribution in [0.4, 0.5) is 19.1 Å². The molecule has 0 radical (unpaired) electrons. The quantitative estimate of drug-likeness (QED) is 0.345. The summed E-state index contributed by atoms with van der Waals surface area (Å²) in [5, 5.41) is 14.2. The molecule has 0 atom stereocenters. The normalized spacial score (nSPS) is 16.2. The molecular formula is C14H14F3N9O2. The molecule has 0 aromatic carbocycles. The molecule has 3 heterocycles. The van der Waals surface area contributed by atoms with Crippen LogP contribution in [0.5, 0.6) is 5.88 Å². The standard InChI is InChI=1S/C14H14F3N9O2/c15-14(16,17)5-18-25-11-22-9-6(3-8-10(27)23-13(28)21-8)4-19-26(9)12(24-11)20-7-1-2-7/h3-4,7,18,27H,1-2,5H2,(H,20,24,25)(H2,21,23,28). The second kappa shape index (κ2) is 6.63. The Hall–Kier alpha value is -3.42. The van der Waals surface area contributed by atoms with Gasteiger partial charge in [-0.05, 0) is 18.9 Å². The molecule has 1 aliphatic rings. The van der Waals surface area contributed by atoms with Gasteiger partial charge in [-0.3, -0.25) is 10.4 Å². The monoisotopic (exact) mass is 397 g/mol. The van der Waals surface area contributed by atoms with Gasteiger partial charge in [-0.2, -0.15) is 32.8 Å². The predicted molar refractivity (Wildman–Crippen MR) is 88.9 cm³/mol. The third-order valence-corrected chi connectivity index (χ3v) is 3.75. The minimum absolute atomic E-state index is 0.0794. The van der Waals surface area contributed by atoms with E-state index >= 15 is 0 Å². The lowest BCUT2D eigenvalue weighted by molar-refractivity contribution is -0.123. The molecule has 3 aromatic rings. The van der Waals surface area contributed by atoms with E-state index in [1.807, 2.05) is 5.43 Å². The summed E-state index contributed by atoms with van der Waals surface area (Å²) >= 11 is 0. The molecule has 0 bridgehead atoms. The van der Waals surface area contributed by atoms with Crippen LogP contribution in [0.15, 0.2) is 16.0 Å². The Morgan fingerprint density at radius 2 is 2.14 bits per heavy atom. The van der Waals surface area contributed by atoms with E-state index in [0.717, 1.165) is 12.8 Å². The van der Waals surface area contributed by atoms with Gasteiger partial charge in [0.25, 0.3) is 5.62 Å². The van der Waals surface area contributed by atoms with Crippen LogP contribution >= 0.6 is 0 Å². The zero-order valence-corrected chi connectivity index (χ0v) is 14.1. The topological polar surface area (TPSA) is 148 Å². The average molecular weight is 397 g/mol. The molecule has 1 aliphatic carbocycles. The first kappa shape index (κ1) is 18.0. The largest absolute Gasteiger partial charge is 0.493 e. The van der Waals surface area contributed by atoms with Gasteiger partial charge < -0.3 is 10.1 Å². The third-order valence-electron chi connectivity index (χ3n) is 3.75. The van der Waals surface area contributed by atoms with Gasteiger partial charge in [0.1, 0.15) is 12.2 Å². The minimum Gasteiger partial charge on any atom is -0.493 e. The highest BCUT2D eigenvalue weighted by molar-refractivity contribution is 5.56. The third kappa shape index (κ3) is 3.95. The lowest BCUT2D eigenvalue weighted by atomic mass is 10.3. The predicted octanol–water partition coefficient (Wildman–Crippen LogP) is -1.06. The second-order valence-corrected chi connectivity index (χ2v) is 6.12. The Morgan fingerprint density at radius 1 is 1.36 bits per heavy atom. The van der Waals surface area contributed by atoms with Gasteiger partial charge in [0, 0.05) is 5.22 Å². The number of nitrogens with one attached hydrogen (secondary N) is 4. The number of halogens is 3. The molecule has 0 aliphatic heterocycles. The highest BCUT2D eigenvalue weighted by Crippen LogP contribution is 2.22. The SMILES string of the molecule is O=c1[nH]c(O)c(C=c2cnn3c(=NC4CC4)nc(NNCC(F)(F)F)nc23)[nH]1. The van der Waals surface area contributed by atoms with Crippen LogP contribution in [0.3, 0.4) is 0 Å². The Labute approximate surface area is 153 Å². The Bertz CT molecular complexity index is 1190. The summed E-state index contributed by atoms with van der Waals surface area (Å²) in [4.78, 5) is 28.5. The van der Waals surface area contributed by atoms with Gasteiger partial charge in [0.15, 0.2) is 5.65 Å². The van der Waals surface area contributed by atoms with Crippen molar-refractivity contribution in [2.45, 2.75) is 25.1 Å². The number of imidazole rings is 1. The number of aromatic hydroxyl groups is 1. The van der Waals surface area contributed by atoms with E-state index in [4.69, 9.17) is 0 Å². The number of hydrogen-bond donors (Lipinski definition) is 5. The van der Waals surface area contributed by atoms with Crippen molar-refractivity contribution < 1.29 is 18.3 Å². The van der Waals surface area contributed by atoms with Gasteiger partial charge in [0.2, 0.25) is 11.8 Å². The number of H-pyrrole nitrogens is 2. The maximum atomic E-state index is 12.3. The summed E-state index contributed by atoms with van der Waals surface area (Å²) < 4.78 is 38.3. The van der Waals surface area contributed by atoms with Crippen molar-refractivity contribution in [2.75, 3.05) is 12.0 Å². The summed E-state index contributed by atoms with van der Waals surface area (Å²) in [6.07, 6.45) is 0.189. The zero-order chi connectivity index (χ0) is 19.9. The number of aromatic amines is 2. The first-order valence-corrected chi connectivity index (χ1v) is 8.17. The van der Waals surface area contributed by atoms with Gasteiger partial charge in [0.05, 0.1) is 12.2 Å². The lowest BCUT2D eigenvalue weighted by Gasteiger charge is -2.09. The molecule has 28 heavy (non-hydrogen) atoms. The summed E-state index contributed by atoms with van der Waals surface area (Å²) in [6, 6.07) is 0.0794.